The van der Waals surface area contributed by atoms with Gasteiger partial charge in [-0.3, -0.25) is 14.6 Å². The van der Waals surface area contributed by atoms with E-state index in [4.69, 9.17) is 11.6 Å². The molecular formula is C24H21ClN4O2. The highest BCUT2D eigenvalue weighted by Gasteiger charge is 2.18. The van der Waals surface area contributed by atoms with Crippen LogP contribution in [0, 0.1) is 0 Å². The average Bonchev–Trinajstić information content (AvgIpc) is 2.78. The zero-order valence-electron chi connectivity index (χ0n) is 17.0. The predicted octanol–water partition coefficient (Wildman–Crippen LogP) is 4.09. The van der Waals surface area contributed by atoms with E-state index in [0.29, 0.717) is 29.1 Å². The molecule has 7 heteroatoms. The molecule has 31 heavy (non-hydrogen) atoms. The van der Waals surface area contributed by atoms with E-state index in [0.717, 1.165) is 16.6 Å². The van der Waals surface area contributed by atoms with Crippen molar-refractivity contribution in [2.24, 2.45) is 0 Å². The summed E-state index contributed by atoms with van der Waals surface area (Å²) in [4.78, 5) is 31.9. The number of rotatable bonds is 6. The van der Waals surface area contributed by atoms with E-state index in [1.54, 1.807) is 41.6 Å². The van der Waals surface area contributed by atoms with Gasteiger partial charge in [0.25, 0.3) is 5.56 Å². The third-order valence-corrected chi connectivity index (χ3v) is 5.30. The van der Waals surface area contributed by atoms with Crippen molar-refractivity contribution in [1.82, 2.24) is 14.8 Å². The topological polar surface area (TPSA) is 68.1 Å². The Labute approximate surface area is 184 Å². The molecular weight excluding hydrogens is 412 g/mol. The second kappa shape index (κ2) is 9.10. The van der Waals surface area contributed by atoms with Gasteiger partial charge in [0.1, 0.15) is 6.54 Å². The molecule has 0 saturated heterocycles. The first-order valence-electron chi connectivity index (χ1n) is 10.0. The number of amides is 1. The number of pyridine rings is 1. The molecule has 6 nitrogen and oxygen atoms in total. The molecule has 2 aromatic heterocycles. The highest BCUT2D eigenvalue weighted by molar-refractivity contribution is 6.30. The molecule has 0 saturated carbocycles. The van der Waals surface area contributed by atoms with E-state index in [9.17, 15) is 9.59 Å². The lowest BCUT2D eigenvalue weighted by atomic mass is 10.1. The van der Waals surface area contributed by atoms with Gasteiger partial charge >= 0.3 is 0 Å². The van der Waals surface area contributed by atoms with Crippen LogP contribution in [0.15, 0.2) is 77.9 Å². The standard InChI is InChI=1S/C24H21ClN4O2/c1-2-28(19-9-5-8-18(25)14-19)23(30)16-29-24(31)21-11-4-3-10-20(21)22(27-29)13-17-7-6-12-26-15-17/h3-12,14-15H,2,13,16H2,1H3. The van der Waals surface area contributed by atoms with Gasteiger partial charge < -0.3 is 4.90 Å². The Morgan fingerprint density at radius 1 is 1.06 bits per heavy atom. The first-order valence-corrected chi connectivity index (χ1v) is 10.4. The molecule has 0 unspecified atom stereocenters. The Morgan fingerprint density at radius 2 is 1.87 bits per heavy atom. The minimum Gasteiger partial charge on any atom is -0.311 e. The molecule has 4 rings (SSSR count). The number of hydrogen-bond acceptors (Lipinski definition) is 4. The average molecular weight is 433 g/mol. The molecule has 0 spiro atoms. The van der Waals surface area contributed by atoms with Crippen LogP contribution in [0.25, 0.3) is 10.8 Å². The Balaban J connectivity index is 1.72. The van der Waals surface area contributed by atoms with Gasteiger partial charge in [0.2, 0.25) is 5.91 Å². The molecule has 1 amide bonds. The smallest absolute Gasteiger partial charge is 0.275 e. The van der Waals surface area contributed by atoms with E-state index in [2.05, 4.69) is 10.1 Å². The fourth-order valence-corrected chi connectivity index (χ4v) is 3.78. The number of benzene rings is 2. The molecule has 0 N–H and O–H groups in total. The summed E-state index contributed by atoms with van der Waals surface area (Å²) in [5.41, 5.74) is 2.10. The summed E-state index contributed by atoms with van der Waals surface area (Å²) >= 11 is 6.09. The molecule has 0 aliphatic rings. The number of likely N-dealkylation sites (N-methyl/N-ethyl adjacent to an activating group) is 1. The largest absolute Gasteiger partial charge is 0.311 e. The molecule has 0 radical (unpaired) electrons. The molecule has 0 fully saturated rings. The number of hydrogen-bond donors (Lipinski definition) is 0. The number of carbonyl (C=O) groups is 1. The van der Waals surface area contributed by atoms with E-state index < -0.39 is 0 Å². The number of nitrogens with zero attached hydrogens (tertiary/aromatic N) is 4. The first-order chi connectivity index (χ1) is 15.1. The van der Waals surface area contributed by atoms with E-state index in [1.165, 1.54) is 4.68 Å². The van der Waals surface area contributed by atoms with Gasteiger partial charge in [-0.15, -0.1) is 0 Å². The summed E-state index contributed by atoms with van der Waals surface area (Å²) in [6.45, 7) is 2.16. The summed E-state index contributed by atoms with van der Waals surface area (Å²) in [6.07, 6.45) is 3.99. The predicted molar refractivity (Wildman–Crippen MR) is 123 cm³/mol. The maximum absolute atomic E-state index is 13.1. The van der Waals surface area contributed by atoms with E-state index in [-0.39, 0.29) is 18.0 Å². The summed E-state index contributed by atoms with van der Waals surface area (Å²) in [7, 11) is 0. The van der Waals surface area contributed by atoms with Gasteiger partial charge in [0.15, 0.2) is 0 Å². The van der Waals surface area contributed by atoms with Crippen LogP contribution in [-0.4, -0.2) is 27.2 Å². The lowest BCUT2D eigenvalue weighted by Crippen LogP contribution is -2.37. The van der Waals surface area contributed by atoms with Gasteiger partial charge in [-0.25, -0.2) is 4.68 Å². The Kier molecular flexibility index (Phi) is 6.09. The zero-order valence-corrected chi connectivity index (χ0v) is 17.8. The van der Waals surface area contributed by atoms with Crippen LogP contribution in [0.2, 0.25) is 5.02 Å². The van der Waals surface area contributed by atoms with Crippen LogP contribution >= 0.6 is 11.6 Å². The van der Waals surface area contributed by atoms with Gasteiger partial charge in [0.05, 0.1) is 11.1 Å². The summed E-state index contributed by atoms with van der Waals surface area (Å²) < 4.78 is 1.25. The second-order valence-corrected chi connectivity index (χ2v) is 7.55. The SMILES string of the molecule is CCN(C(=O)Cn1nc(Cc2cccnc2)c2ccccc2c1=O)c1cccc(Cl)c1. The van der Waals surface area contributed by atoms with Crippen LogP contribution in [-0.2, 0) is 17.8 Å². The van der Waals surface area contributed by atoms with Crippen molar-refractivity contribution in [2.75, 3.05) is 11.4 Å². The number of halogens is 1. The number of fused-ring (bicyclic) bond motifs is 1. The van der Waals surface area contributed by atoms with Crippen molar-refractivity contribution in [2.45, 2.75) is 19.9 Å². The van der Waals surface area contributed by atoms with Crippen LogP contribution in [0.1, 0.15) is 18.2 Å². The number of carbonyl (C=O) groups excluding carboxylic acids is 1. The van der Waals surface area contributed by atoms with Crippen LogP contribution in [0.4, 0.5) is 5.69 Å². The molecule has 0 aliphatic heterocycles. The van der Waals surface area contributed by atoms with Gasteiger partial charge in [-0.1, -0.05) is 41.9 Å². The second-order valence-electron chi connectivity index (χ2n) is 7.11. The summed E-state index contributed by atoms with van der Waals surface area (Å²) in [5, 5.41) is 6.43. The Hall–Kier alpha value is -3.51. The molecule has 0 aliphatic carbocycles. The van der Waals surface area contributed by atoms with Crippen LogP contribution < -0.4 is 10.5 Å². The molecule has 2 aromatic carbocycles. The molecule has 0 bridgehead atoms. The zero-order chi connectivity index (χ0) is 21.8. The third kappa shape index (κ3) is 4.49. The highest BCUT2D eigenvalue weighted by atomic mass is 35.5. The van der Waals surface area contributed by atoms with Crippen LogP contribution in [0.5, 0.6) is 0 Å². The van der Waals surface area contributed by atoms with Crippen molar-refractivity contribution >= 4 is 34.0 Å². The molecule has 0 atom stereocenters. The van der Waals surface area contributed by atoms with Crippen molar-refractivity contribution < 1.29 is 4.79 Å². The fourth-order valence-electron chi connectivity index (χ4n) is 3.60. The van der Waals surface area contributed by atoms with Crippen molar-refractivity contribution in [1.29, 1.82) is 0 Å². The molecule has 2 heterocycles. The normalized spacial score (nSPS) is 10.9. The monoisotopic (exact) mass is 432 g/mol. The van der Waals surface area contributed by atoms with E-state index in [1.807, 2.05) is 43.3 Å². The van der Waals surface area contributed by atoms with Gasteiger partial charge in [0, 0.05) is 41.5 Å². The van der Waals surface area contributed by atoms with Gasteiger partial charge in [-0.2, -0.15) is 5.10 Å². The maximum Gasteiger partial charge on any atom is 0.275 e. The minimum atomic E-state index is -0.291. The number of anilines is 1. The summed E-state index contributed by atoms with van der Waals surface area (Å²) in [5.74, 6) is -0.234. The highest BCUT2D eigenvalue weighted by Crippen LogP contribution is 2.20. The lowest BCUT2D eigenvalue weighted by molar-refractivity contribution is -0.119. The molecule has 4 aromatic rings. The Bertz CT molecular complexity index is 1290. The summed E-state index contributed by atoms with van der Waals surface area (Å²) in [6, 6.07) is 18.3. The van der Waals surface area contributed by atoms with Crippen molar-refractivity contribution in [3.63, 3.8) is 0 Å². The van der Waals surface area contributed by atoms with Gasteiger partial charge in [-0.05, 0) is 42.8 Å². The Morgan fingerprint density at radius 3 is 2.58 bits per heavy atom. The quantitative estimate of drug-likeness (QED) is 0.460. The molecule has 156 valence electrons. The van der Waals surface area contributed by atoms with Crippen molar-refractivity contribution in [3.05, 3.63) is 99.7 Å². The van der Waals surface area contributed by atoms with Crippen molar-refractivity contribution in [3.8, 4) is 0 Å². The van der Waals surface area contributed by atoms with E-state index >= 15 is 0 Å². The third-order valence-electron chi connectivity index (χ3n) is 5.06. The van der Waals surface area contributed by atoms with Crippen LogP contribution in [0.3, 0.4) is 0 Å². The number of aromatic nitrogens is 3. The maximum atomic E-state index is 13.1. The minimum absolute atomic E-state index is 0.163. The fraction of sp³-hybridized carbons (Fsp3) is 0.167. The lowest BCUT2D eigenvalue weighted by Gasteiger charge is -2.22. The first kappa shape index (κ1) is 20.8.